The van der Waals surface area contributed by atoms with Crippen molar-refractivity contribution < 1.29 is 19.4 Å². The minimum absolute atomic E-state index is 0.0719. The van der Waals surface area contributed by atoms with Crippen LogP contribution in [0.1, 0.15) is 12.5 Å². The van der Waals surface area contributed by atoms with Crippen LogP contribution in [0.2, 0.25) is 5.02 Å². The number of carboxylic acid groups (broad SMARTS) is 1. The van der Waals surface area contributed by atoms with Crippen LogP contribution in [0, 0.1) is 0 Å². The van der Waals surface area contributed by atoms with Gasteiger partial charge in [0.2, 0.25) is 0 Å². The van der Waals surface area contributed by atoms with Gasteiger partial charge < -0.3 is 14.6 Å². The number of halogens is 2. The summed E-state index contributed by atoms with van der Waals surface area (Å²) in [5.74, 6) is -0.501. The molecule has 1 atom stereocenters. The number of hydrogen-bond donors (Lipinski definition) is 1. The van der Waals surface area contributed by atoms with E-state index in [1.165, 1.54) is 24.9 Å². The van der Waals surface area contributed by atoms with Gasteiger partial charge in [0.05, 0.1) is 24.2 Å². The zero-order chi connectivity index (χ0) is 25.1. The SMILES string of the molecule is COc1cc(C=Nn2c(-c3ccccc3)nc3ccccc3c2=O)c(Br)c(Cl)c1O[C@H](C)C(=O)O. The molecule has 10 heteroatoms. The van der Waals surface area contributed by atoms with Gasteiger partial charge in [0.1, 0.15) is 5.02 Å². The molecule has 0 aliphatic carbocycles. The lowest BCUT2D eigenvalue weighted by molar-refractivity contribution is -0.144. The third-order valence-electron chi connectivity index (χ3n) is 5.12. The Morgan fingerprint density at radius 1 is 1.20 bits per heavy atom. The van der Waals surface area contributed by atoms with E-state index in [2.05, 4.69) is 26.0 Å². The Morgan fingerprint density at radius 3 is 2.57 bits per heavy atom. The summed E-state index contributed by atoms with van der Waals surface area (Å²) < 4.78 is 12.5. The molecule has 0 aliphatic heterocycles. The topological polar surface area (TPSA) is 103 Å². The zero-order valence-electron chi connectivity index (χ0n) is 18.6. The first-order chi connectivity index (χ1) is 16.8. The van der Waals surface area contributed by atoms with E-state index in [9.17, 15) is 14.7 Å². The molecule has 0 unspecified atom stereocenters. The molecule has 0 amide bonds. The van der Waals surface area contributed by atoms with Gasteiger partial charge in [-0.1, -0.05) is 54.1 Å². The van der Waals surface area contributed by atoms with Gasteiger partial charge in [-0.3, -0.25) is 4.79 Å². The predicted molar refractivity (Wildman–Crippen MR) is 138 cm³/mol. The third-order valence-corrected chi connectivity index (χ3v) is 6.56. The van der Waals surface area contributed by atoms with Crippen LogP contribution in [0.4, 0.5) is 0 Å². The van der Waals surface area contributed by atoms with Crippen molar-refractivity contribution in [3.63, 3.8) is 0 Å². The molecule has 178 valence electrons. The maximum absolute atomic E-state index is 13.3. The van der Waals surface area contributed by atoms with Gasteiger partial charge in [0.25, 0.3) is 5.56 Å². The predicted octanol–water partition coefficient (Wildman–Crippen LogP) is 5.22. The second-order valence-electron chi connectivity index (χ2n) is 7.40. The summed E-state index contributed by atoms with van der Waals surface area (Å²) in [5.41, 5.74) is 1.41. The van der Waals surface area contributed by atoms with Gasteiger partial charge in [0, 0.05) is 15.6 Å². The van der Waals surface area contributed by atoms with Crippen LogP contribution in [0.25, 0.3) is 22.3 Å². The number of hydrogen-bond acceptors (Lipinski definition) is 6. The van der Waals surface area contributed by atoms with Gasteiger partial charge in [-0.05, 0) is 41.1 Å². The van der Waals surface area contributed by atoms with E-state index in [1.807, 2.05) is 36.4 Å². The van der Waals surface area contributed by atoms with Crippen LogP contribution in [-0.4, -0.2) is 40.2 Å². The molecule has 0 saturated carbocycles. The second kappa shape index (κ2) is 10.3. The van der Waals surface area contributed by atoms with E-state index in [4.69, 9.17) is 21.1 Å². The summed E-state index contributed by atoms with van der Waals surface area (Å²) in [6.45, 7) is 1.38. The molecule has 0 bridgehead atoms. The number of ether oxygens (including phenoxy) is 2. The lowest BCUT2D eigenvalue weighted by Gasteiger charge is -2.17. The minimum atomic E-state index is -1.15. The van der Waals surface area contributed by atoms with E-state index >= 15 is 0 Å². The number of fused-ring (bicyclic) bond motifs is 1. The number of carbonyl (C=O) groups is 1. The first-order valence-electron chi connectivity index (χ1n) is 10.4. The average molecular weight is 557 g/mol. The monoisotopic (exact) mass is 555 g/mol. The smallest absolute Gasteiger partial charge is 0.344 e. The van der Waals surface area contributed by atoms with Gasteiger partial charge in [-0.15, -0.1) is 0 Å². The van der Waals surface area contributed by atoms with Crippen molar-refractivity contribution in [3.8, 4) is 22.9 Å². The summed E-state index contributed by atoms with van der Waals surface area (Å²) >= 11 is 9.87. The largest absolute Gasteiger partial charge is 0.493 e. The van der Waals surface area contributed by atoms with Gasteiger partial charge >= 0.3 is 5.97 Å². The highest BCUT2D eigenvalue weighted by molar-refractivity contribution is 9.10. The number of nitrogens with zero attached hydrogens (tertiary/aromatic N) is 3. The first kappa shape index (κ1) is 24.4. The summed E-state index contributed by atoms with van der Waals surface area (Å²) in [7, 11) is 1.41. The van der Waals surface area contributed by atoms with Crippen LogP contribution in [-0.2, 0) is 4.79 Å². The van der Waals surface area contributed by atoms with Gasteiger partial charge in [-0.2, -0.15) is 9.78 Å². The average Bonchev–Trinajstić information content (AvgIpc) is 2.87. The van der Waals surface area contributed by atoms with Crippen LogP contribution < -0.4 is 15.0 Å². The van der Waals surface area contributed by atoms with Crippen LogP contribution in [0.3, 0.4) is 0 Å². The molecule has 8 nitrogen and oxygen atoms in total. The summed E-state index contributed by atoms with van der Waals surface area (Å²) in [6.07, 6.45) is 0.288. The number of para-hydroxylation sites is 1. The Kier molecular flexibility index (Phi) is 7.18. The lowest BCUT2D eigenvalue weighted by atomic mass is 10.2. The molecule has 0 fully saturated rings. The van der Waals surface area contributed by atoms with E-state index in [-0.39, 0.29) is 22.1 Å². The fourth-order valence-corrected chi connectivity index (χ4v) is 3.96. The van der Waals surface area contributed by atoms with E-state index in [1.54, 1.807) is 24.3 Å². The minimum Gasteiger partial charge on any atom is -0.493 e. The Labute approximate surface area is 213 Å². The highest BCUT2D eigenvalue weighted by atomic mass is 79.9. The quantitative estimate of drug-likeness (QED) is 0.313. The van der Waals surface area contributed by atoms with Crippen molar-refractivity contribution in [2.24, 2.45) is 5.10 Å². The molecule has 4 aromatic rings. The molecular formula is C25H19BrClN3O5. The third kappa shape index (κ3) is 4.91. The Bertz CT molecular complexity index is 1500. The molecule has 1 heterocycles. The molecule has 1 N–H and O–H groups in total. The molecule has 0 spiro atoms. The number of aromatic nitrogens is 2. The van der Waals surface area contributed by atoms with Crippen molar-refractivity contribution in [3.05, 3.63) is 86.1 Å². The molecule has 35 heavy (non-hydrogen) atoms. The molecular weight excluding hydrogens is 538 g/mol. The Hall–Kier alpha value is -3.69. The Morgan fingerprint density at radius 2 is 1.89 bits per heavy atom. The number of rotatable bonds is 7. The van der Waals surface area contributed by atoms with Gasteiger partial charge in [0.15, 0.2) is 23.4 Å². The number of methoxy groups -OCH3 is 1. The fraction of sp³-hybridized carbons (Fsp3) is 0.120. The molecule has 1 aromatic heterocycles. The Balaban J connectivity index is 1.86. The fourth-order valence-electron chi connectivity index (χ4n) is 3.31. The van der Waals surface area contributed by atoms with E-state index in [0.29, 0.717) is 32.3 Å². The molecule has 3 aromatic carbocycles. The maximum atomic E-state index is 13.3. The van der Waals surface area contributed by atoms with Crippen molar-refractivity contribution in [2.75, 3.05) is 7.11 Å². The summed E-state index contributed by atoms with van der Waals surface area (Å²) in [4.78, 5) is 29.2. The number of benzene rings is 3. The van der Waals surface area contributed by atoms with Crippen LogP contribution >= 0.6 is 27.5 Å². The first-order valence-corrected chi connectivity index (χ1v) is 11.6. The summed E-state index contributed by atoms with van der Waals surface area (Å²) in [5, 5.41) is 14.1. The lowest BCUT2D eigenvalue weighted by Crippen LogP contribution is -2.23. The maximum Gasteiger partial charge on any atom is 0.344 e. The van der Waals surface area contributed by atoms with Crippen molar-refractivity contribution in [1.82, 2.24) is 9.66 Å². The molecule has 4 rings (SSSR count). The standard InChI is InChI=1S/C25H19BrClN3O5/c1-14(25(32)33)35-22-19(34-2)12-16(20(26)21(22)27)13-28-30-23(15-8-4-3-5-9-15)29-18-11-7-6-10-17(18)24(30)31/h3-14H,1-2H3,(H,32,33)/t14-/m1/s1. The van der Waals surface area contributed by atoms with Crippen LogP contribution in [0.5, 0.6) is 11.5 Å². The van der Waals surface area contributed by atoms with Crippen molar-refractivity contribution in [1.29, 1.82) is 0 Å². The number of aliphatic carboxylic acids is 1. The molecule has 0 radical (unpaired) electrons. The second-order valence-corrected chi connectivity index (χ2v) is 8.57. The normalized spacial score (nSPS) is 12.1. The van der Waals surface area contributed by atoms with E-state index < -0.39 is 12.1 Å². The molecule has 0 aliphatic rings. The van der Waals surface area contributed by atoms with E-state index in [0.717, 1.165) is 0 Å². The zero-order valence-corrected chi connectivity index (χ0v) is 20.9. The highest BCUT2D eigenvalue weighted by Gasteiger charge is 2.22. The highest BCUT2D eigenvalue weighted by Crippen LogP contribution is 2.42. The van der Waals surface area contributed by atoms with Crippen LogP contribution in [0.15, 0.2) is 75.0 Å². The molecule has 0 saturated heterocycles. The van der Waals surface area contributed by atoms with Gasteiger partial charge in [-0.25, -0.2) is 9.78 Å². The number of carboxylic acids is 1. The van der Waals surface area contributed by atoms with Crippen molar-refractivity contribution in [2.45, 2.75) is 13.0 Å². The summed E-state index contributed by atoms with van der Waals surface area (Å²) in [6, 6.07) is 17.9. The van der Waals surface area contributed by atoms with Crippen molar-refractivity contribution >= 4 is 50.6 Å².